The molecule has 474 valence electrons. The Kier molecular flexibility index (Phi) is 67.2. The summed E-state index contributed by atoms with van der Waals surface area (Å²) < 4.78 is 17.0. The van der Waals surface area contributed by atoms with Crippen LogP contribution in [0.5, 0.6) is 0 Å². The highest BCUT2D eigenvalue weighted by molar-refractivity contribution is 5.71. The molecular formula is C76H134O6. The molecule has 1 unspecified atom stereocenters. The van der Waals surface area contributed by atoms with Gasteiger partial charge in [-0.3, -0.25) is 14.4 Å². The van der Waals surface area contributed by atoms with Crippen LogP contribution in [0, 0.1) is 0 Å². The number of ether oxygens (including phenoxy) is 3. The Hall–Kier alpha value is -3.41. The fourth-order valence-corrected chi connectivity index (χ4v) is 10.3. The van der Waals surface area contributed by atoms with Crippen LogP contribution < -0.4 is 0 Å². The second-order valence-electron chi connectivity index (χ2n) is 23.8. The third kappa shape index (κ3) is 67.4. The van der Waals surface area contributed by atoms with Crippen LogP contribution in [0.15, 0.2) is 85.1 Å². The zero-order valence-corrected chi connectivity index (χ0v) is 54.5. The Morgan fingerprint density at radius 3 is 0.756 bits per heavy atom. The van der Waals surface area contributed by atoms with Crippen molar-refractivity contribution in [3.63, 3.8) is 0 Å². The van der Waals surface area contributed by atoms with Crippen LogP contribution in [0.2, 0.25) is 0 Å². The first-order valence-electron chi connectivity index (χ1n) is 35.6. The standard InChI is InChI=1S/C76H134O6/c1-4-7-10-13-16-19-22-25-28-30-32-34-36-37-38-39-41-42-44-46-48-51-54-57-60-63-66-69-75(78)81-72-73(71-80-74(77)68-65-62-59-56-53-50-27-24-21-18-15-12-9-6-3)82-76(79)70-67-64-61-58-55-52-49-47-45-43-40-35-33-31-29-26-23-20-17-14-11-8-5-2/h7,10,16,19,23-28,31-34,73H,4-6,8-9,11-15,17-18,20-22,29-30,35-72H2,1-3H3/b10-7-,19-16-,26-23-,27-24-,28-25-,33-31-,34-32-. The minimum Gasteiger partial charge on any atom is -0.462 e. The van der Waals surface area contributed by atoms with Gasteiger partial charge in [0, 0.05) is 19.3 Å². The molecule has 0 N–H and O–H groups in total. The lowest BCUT2D eigenvalue weighted by Crippen LogP contribution is -2.30. The first-order valence-corrected chi connectivity index (χ1v) is 35.6. The molecular weight excluding hydrogens is 1010 g/mol. The molecule has 0 saturated carbocycles. The van der Waals surface area contributed by atoms with Crippen LogP contribution in [0.3, 0.4) is 0 Å². The SMILES string of the molecule is CC/C=C\C/C=C\C/C=C\C/C=C\CCCCCCCCCCCCCCCCC(=O)OCC(COC(=O)CCCCCCC/C=C\CCCCCCC)OC(=O)CCCCCCCCCCCCC/C=C\C/C=C\CCCCCCC. The Morgan fingerprint density at radius 1 is 0.256 bits per heavy atom. The quantitative estimate of drug-likeness (QED) is 0.0261. The topological polar surface area (TPSA) is 78.9 Å². The lowest BCUT2D eigenvalue weighted by atomic mass is 10.0. The first-order chi connectivity index (χ1) is 40.5. The molecule has 6 nitrogen and oxygen atoms in total. The van der Waals surface area contributed by atoms with E-state index < -0.39 is 6.10 Å². The van der Waals surface area contributed by atoms with Crippen molar-refractivity contribution in [2.75, 3.05) is 13.2 Å². The number of unbranched alkanes of at least 4 members (excludes halogenated alkanes) is 40. The van der Waals surface area contributed by atoms with E-state index in [4.69, 9.17) is 14.2 Å². The molecule has 0 radical (unpaired) electrons. The predicted octanol–water partition coefficient (Wildman–Crippen LogP) is 24.6. The highest BCUT2D eigenvalue weighted by atomic mass is 16.6. The highest BCUT2D eigenvalue weighted by Gasteiger charge is 2.19. The van der Waals surface area contributed by atoms with E-state index in [9.17, 15) is 14.4 Å². The molecule has 0 rings (SSSR count). The molecule has 6 heteroatoms. The lowest BCUT2D eigenvalue weighted by molar-refractivity contribution is -0.167. The molecule has 0 aliphatic heterocycles. The summed E-state index contributed by atoms with van der Waals surface area (Å²) in [5.41, 5.74) is 0. The molecule has 0 heterocycles. The van der Waals surface area contributed by atoms with Crippen LogP contribution >= 0.6 is 0 Å². The molecule has 0 bridgehead atoms. The number of allylic oxidation sites excluding steroid dienone is 14. The Bertz CT molecular complexity index is 1550. The van der Waals surface area contributed by atoms with E-state index in [0.717, 1.165) is 96.3 Å². The second-order valence-corrected chi connectivity index (χ2v) is 23.8. The summed E-state index contributed by atoms with van der Waals surface area (Å²) in [4.78, 5) is 38.5. The maximum absolute atomic E-state index is 13.0. The fourth-order valence-electron chi connectivity index (χ4n) is 10.3. The van der Waals surface area contributed by atoms with Crippen molar-refractivity contribution in [2.45, 2.75) is 367 Å². The normalized spacial score (nSPS) is 12.6. The molecule has 0 saturated heterocycles. The maximum Gasteiger partial charge on any atom is 0.306 e. The van der Waals surface area contributed by atoms with E-state index in [2.05, 4.69) is 106 Å². The number of hydrogen-bond acceptors (Lipinski definition) is 6. The molecule has 0 aromatic heterocycles. The van der Waals surface area contributed by atoms with E-state index in [1.807, 2.05) is 0 Å². The van der Waals surface area contributed by atoms with Gasteiger partial charge in [-0.2, -0.15) is 0 Å². The van der Waals surface area contributed by atoms with E-state index in [-0.39, 0.29) is 31.1 Å². The summed E-state index contributed by atoms with van der Waals surface area (Å²) in [6.07, 6.45) is 93.2. The average Bonchev–Trinajstić information content (AvgIpc) is 3.48. The van der Waals surface area contributed by atoms with Gasteiger partial charge >= 0.3 is 17.9 Å². The summed E-state index contributed by atoms with van der Waals surface area (Å²) in [5, 5.41) is 0. The minimum absolute atomic E-state index is 0.0773. The fraction of sp³-hybridized carbons (Fsp3) is 0.776. The number of rotatable bonds is 65. The van der Waals surface area contributed by atoms with Crippen LogP contribution in [-0.2, 0) is 28.6 Å². The largest absolute Gasteiger partial charge is 0.462 e. The summed E-state index contributed by atoms with van der Waals surface area (Å²) in [6.45, 7) is 6.55. The van der Waals surface area contributed by atoms with Gasteiger partial charge < -0.3 is 14.2 Å². The Balaban J connectivity index is 4.28. The van der Waals surface area contributed by atoms with Crippen molar-refractivity contribution in [1.29, 1.82) is 0 Å². The third-order valence-electron chi connectivity index (χ3n) is 15.6. The summed E-state index contributed by atoms with van der Waals surface area (Å²) in [6, 6.07) is 0. The number of carbonyl (C=O) groups is 3. The van der Waals surface area contributed by atoms with Gasteiger partial charge in [-0.15, -0.1) is 0 Å². The van der Waals surface area contributed by atoms with Crippen LogP contribution in [-0.4, -0.2) is 37.2 Å². The van der Waals surface area contributed by atoms with Crippen LogP contribution in [0.1, 0.15) is 361 Å². The summed E-state index contributed by atoms with van der Waals surface area (Å²) >= 11 is 0. The van der Waals surface area contributed by atoms with E-state index in [0.29, 0.717) is 19.3 Å². The average molecular weight is 1140 g/mol. The zero-order valence-electron chi connectivity index (χ0n) is 54.5. The van der Waals surface area contributed by atoms with Crippen LogP contribution in [0.4, 0.5) is 0 Å². The summed E-state index contributed by atoms with van der Waals surface area (Å²) in [7, 11) is 0. The number of carbonyl (C=O) groups excluding carboxylic acids is 3. The number of hydrogen-bond donors (Lipinski definition) is 0. The lowest BCUT2D eigenvalue weighted by Gasteiger charge is -2.18. The molecule has 1 atom stereocenters. The molecule has 0 spiro atoms. The molecule has 0 aliphatic rings. The van der Waals surface area contributed by atoms with Crippen molar-refractivity contribution in [3.05, 3.63) is 85.1 Å². The van der Waals surface area contributed by atoms with E-state index in [1.54, 1.807) is 0 Å². The minimum atomic E-state index is -0.782. The number of esters is 3. The predicted molar refractivity (Wildman–Crippen MR) is 358 cm³/mol. The van der Waals surface area contributed by atoms with Gasteiger partial charge in [-0.05, 0) is 116 Å². The zero-order chi connectivity index (χ0) is 59.2. The van der Waals surface area contributed by atoms with Gasteiger partial charge in [-0.1, -0.05) is 311 Å². The van der Waals surface area contributed by atoms with Gasteiger partial charge in [-0.25, -0.2) is 0 Å². The van der Waals surface area contributed by atoms with Gasteiger partial charge in [0.15, 0.2) is 6.10 Å². The molecule has 0 aromatic carbocycles. The first kappa shape index (κ1) is 78.6. The van der Waals surface area contributed by atoms with Gasteiger partial charge in [0.25, 0.3) is 0 Å². The van der Waals surface area contributed by atoms with Crippen molar-refractivity contribution in [2.24, 2.45) is 0 Å². The molecule has 0 aliphatic carbocycles. The molecule has 0 fully saturated rings. The Labute approximate surface area is 509 Å². The molecule has 0 aromatic rings. The highest BCUT2D eigenvalue weighted by Crippen LogP contribution is 2.17. The second kappa shape index (κ2) is 70.1. The van der Waals surface area contributed by atoms with E-state index in [1.165, 1.54) is 225 Å². The van der Waals surface area contributed by atoms with Crippen molar-refractivity contribution < 1.29 is 28.6 Å². The Morgan fingerprint density at radius 2 is 0.476 bits per heavy atom. The van der Waals surface area contributed by atoms with Crippen molar-refractivity contribution in [3.8, 4) is 0 Å². The van der Waals surface area contributed by atoms with Crippen molar-refractivity contribution >= 4 is 17.9 Å². The van der Waals surface area contributed by atoms with Gasteiger partial charge in [0.05, 0.1) is 0 Å². The van der Waals surface area contributed by atoms with Crippen molar-refractivity contribution in [1.82, 2.24) is 0 Å². The maximum atomic E-state index is 13.0. The smallest absolute Gasteiger partial charge is 0.306 e. The van der Waals surface area contributed by atoms with E-state index >= 15 is 0 Å². The summed E-state index contributed by atoms with van der Waals surface area (Å²) in [5.74, 6) is -0.870. The third-order valence-corrected chi connectivity index (χ3v) is 15.6. The molecule has 82 heavy (non-hydrogen) atoms. The van der Waals surface area contributed by atoms with Crippen LogP contribution in [0.25, 0.3) is 0 Å². The molecule has 0 amide bonds. The van der Waals surface area contributed by atoms with Gasteiger partial charge in [0.2, 0.25) is 0 Å². The van der Waals surface area contributed by atoms with Gasteiger partial charge in [0.1, 0.15) is 13.2 Å². The monoisotopic (exact) mass is 1140 g/mol.